The van der Waals surface area contributed by atoms with Gasteiger partial charge < -0.3 is 4.29 Å². The summed E-state index contributed by atoms with van der Waals surface area (Å²) < 4.78 is 4.06. The summed E-state index contributed by atoms with van der Waals surface area (Å²) in [6, 6.07) is 0. The molecule has 90 valence electrons. The Morgan fingerprint density at radius 2 is 1.40 bits per heavy atom. The molecule has 0 aromatic heterocycles. The van der Waals surface area contributed by atoms with Crippen LogP contribution in [0.1, 0.15) is 71.1 Å². The van der Waals surface area contributed by atoms with Crippen molar-refractivity contribution in [1.29, 1.82) is 0 Å². The quantitative estimate of drug-likeness (QED) is 0.516. The van der Waals surface area contributed by atoms with Gasteiger partial charge in [-0.05, 0) is 6.42 Å². The highest BCUT2D eigenvalue weighted by Gasteiger charge is 2.00. The smallest absolute Gasteiger partial charge is 0.324 e. The lowest BCUT2D eigenvalue weighted by Crippen LogP contribution is -1.95. The molecule has 0 aliphatic carbocycles. The zero-order chi connectivity index (χ0) is 11.4. The van der Waals surface area contributed by atoms with Crippen LogP contribution in [0.5, 0.6) is 0 Å². The van der Waals surface area contributed by atoms with Gasteiger partial charge in [-0.3, -0.25) is 4.79 Å². The van der Waals surface area contributed by atoms with Gasteiger partial charge in [0, 0.05) is 6.42 Å². The van der Waals surface area contributed by atoms with E-state index in [9.17, 15) is 4.79 Å². The van der Waals surface area contributed by atoms with E-state index < -0.39 is 0 Å². The highest BCUT2D eigenvalue weighted by molar-refractivity contribution is 6.13. The Labute approximate surface area is 98.5 Å². The summed E-state index contributed by atoms with van der Waals surface area (Å²) in [5, 5.41) is 0. The van der Waals surface area contributed by atoms with Crippen molar-refractivity contribution in [2.24, 2.45) is 0 Å². The second-order valence-electron chi connectivity index (χ2n) is 4.03. The van der Waals surface area contributed by atoms with Crippen molar-refractivity contribution in [2.45, 2.75) is 71.1 Å². The van der Waals surface area contributed by atoms with Crippen LogP contribution in [0.3, 0.4) is 0 Å². The Kier molecular flexibility index (Phi) is 11.6. The molecule has 0 amide bonds. The SMILES string of the molecule is CCCCCCCCCCCC(=O)OCl. The monoisotopic (exact) mass is 234 g/mol. The van der Waals surface area contributed by atoms with Crippen molar-refractivity contribution >= 4 is 17.8 Å². The molecule has 0 aromatic rings. The molecule has 0 saturated carbocycles. The standard InChI is InChI=1S/C12H23ClO2/c1-2-3-4-5-6-7-8-9-10-11-12(14)15-13/h2-11H2,1H3. The summed E-state index contributed by atoms with van der Waals surface area (Å²) in [6.45, 7) is 2.23. The van der Waals surface area contributed by atoms with E-state index in [4.69, 9.17) is 11.9 Å². The van der Waals surface area contributed by atoms with Gasteiger partial charge in [0.2, 0.25) is 0 Å². The molecule has 0 spiro atoms. The molecule has 0 aromatic carbocycles. The Balaban J connectivity index is 2.95. The average molecular weight is 235 g/mol. The lowest BCUT2D eigenvalue weighted by molar-refractivity contribution is -0.134. The van der Waals surface area contributed by atoms with E-state index in [1.54, 1.807) is 0 Å². The minimum Gasteiger partial charge on any atom is -0.348 e. The summed E-state index contributed by atoms with van der Waals surface area (Å²) in [5.41, 5.74) is 0. The summed E-state index contributed by atoms with van der Waals surface area (Å²) >= 11 is 4.91. The zero-order valence-corrected chi connectivity index (χ0v) is 10.5. The maximum absolute atomic E-state index is 10.7. The molecule has 2 nitrogen and oxygen atoms in total. The van der Waals surface area contributed by atoms with Crippen LogP contribution in [0.4, 0.5) is 0 Å². The van der Waals surface area contributed by atoms with Gasteiger partial charge in [-0.25, -0.2) is 0 Å². The van der Waals surface area contributed by atoms with E-state index >= 15 is 0 Å². The molecule has 0 rings (SSSR count). The predicted octanol–water partition coefficient (Wildman–Crippen LogP) is 4.60. The Morgan fingerprint density at radius 3 is 1.87 bits per heavy atom. The molecule has 0 N–H and O–H groups in total. The van der Waals surface area contributed by atoms with Crippen LogP contribution >= 0.6 is 11.9 Å². The molecule has 0 saturated heterocycles. The highest BCUT2D eigenvalue weighted by atomic mass is 35.5. The maximum atomic E-state index is 10.7. The number of carbonyl (C=O) groups is 1. The first-order valence-electron chi connectivity index (χ1n) is 6.12. The fourth-order valence-electron chi connectivity index (χ4n) is 1.62. The maximum Gasteiger partial charge on any atom is 0.324 e. The van der Waals surface area contributed by atoms with Crippen LogP contribution in [0.25, 0.3) is 0 Å². The number of unbranched alkanes of at least 4 members (excludes halogenated alkanes) is 8. The molecule has 0 aliphatic heterocycles. The zero-order valence-electron chi connectivity index (χ0n) is 9.77. The molecule has 15 heavy (non-hydrogen) atoms. The number of halogens is 1. The molecule has 0 radical (unpaired) electrons. The van der Waals surface area contributed by atoms with Crippen molar-refractivity contribution in [3.63, 3.8) is 0 Å². The van der Waals surface area contributed by atoms with E-state index in [2.05, 4.69) is 11.2 Å². The molecule has 3 heteroatoms. The van der Waals surface area contributed by atoms with Crippen LogP contribution < -0.4 is 0 Å². The third-order valence-corrected chi connectivity index (χ3v) is 2.74. The van der Waals surface area contributed by atoms with Gasteiger partial charge in [0.1, 0.15) is 11.9 Å². The highest BCUT2D eigenvalue weighted by Crippen LogP contribution is 2.10. The summed E-state index contributed by atoms with van der Waals surface area (Å²) in [7, 11) is 0. The van der Waals surface area contributed by atoms with Gasteiger partial charge in [-0.1, -0.05) is 58.3 Å². The van der Waals surface area contributed by atoms with Gasteiger partial charge >= 0.3 is 5.97 Å². The number of rotatable bonds is 10. The van der Waals surface area contributed by atoms with Gasteiger partial charge in [-0.15, -0.1) is 0 Å². The Bertz CT molecular complexity index is 149. The minimum atomic E-state index is -0.306. The molecule has 0 atom stereocenters. The molecule has 0 fully saturated rings. The topological polar surface area (TPSA) is 26.3 Å². The molecule has 0 bridgehead atoms. The predicted molar refractivity (Wildman–Crippen MR) is 63.8 cm³/mol. The van der Waals surface area contributed by atoms with Crippen LogP contribution in [-0.4, -0.2) is 5.97 Å². The van der Waals surface area contributed by atoms with E-state index in [-0.39, 0.29) is 5.97 Å². The largest absolute Gasteiger partial charge is 0.348 e. The lowest BCUT2D eigenvalue weighted by atomic mass is 10.1. The van der Waals surface area contributed by atoms with Crippen LogP contribution in [0, 0.1) is 0 Å². The van der Waals surface area contributed by atoms with Crippen molar-refractivity contribution in [1.82, 2.24) is 0 Å². The van der Waals surface area contributed by atoms with Crippen molar-refractivity contribution in [3.05, 3.63) is 0 Å². The van der Waals surface area contributed by atoms with Crippen LogP contribution in [0.2, 0.25) is 0 Å². The van der Waals surface area contributed by atoms with Crippen molar-refractivity contribution in [2.75, 3.05) is 0 Å². The lowest BCUT2D eigenvalue weighted by Gasteiger charge is -2.00. The number of carbonyl (C=O) groups excluding carboxylic acids is 1. The number of hydrogen-bond acceptors (Lipinski definition) is 2. The van der Waals surface area contributed by atoms with E-state index in [0.29, 0.717) is 6.42 Å². The van der Waals surface area contributed by atoms with Gasteiger partial charge in [0.15, 0.2) is 0 Å². The summed E-state index contributed by atoms with van der Waals surface area (Å²) in [4.78, 5) is 10.7. The summed E-state index contributed by atoms with van der Waals surface area (Å²) in [5.74, 6) is -0.306. The molecule has 0 heterocycles. The summed E-state index contributed by atoms with van der Waals surface area (Å²) in [6.07, 6.45) is 11.7. The first-order valence-corrected chi connectivity index (χ1v) is 6.43. The normalized spacial score (nSPS) is 10.3. The average Bonchev–Trinajstić information content (AvgIpc) is 2.26. The molecule has 0 unspecified atom stereocenters. The first-order chi connectivity index (χ1) is 7.31. The van der Waals surface area contributed by atoms with Gasteiger partial charge in [-0.2, -0.15) is 0 Å². The molecule has 0 aliphatic rings. The minimum absolute atomic E-state index is 0.306. The van der Waals surface area contributed by atoms with Gasteiger partial charge in [0.05, 0.1) is 0 Å². The third-order valence-electron chi connectivity index (χ3n) is 2.57. The van der Waals surface area contributed by atoms with Crippen molar-refractivity contribution < 1.29 is 9.08 Å². The third kappa shape index (κ3) is 11.7. The van der Waals surface area contributed by atoms with E-state index in [1.807, 2.05) is 0 Å². The molecular weight excluding hydrogens is 212 g/mol. The van der Waals surface area contributed by atoms with Crippen molar-refractivity contribution in [3.8, 4) is 0 Å². The first kappa shape index (κ1) is 14.8. The van der Waals surface area contributed by atoms with Gasteiger partial charge in [0.25, 0.3) is 0 Å². The fraction of sp³-hybridized carbons (Fsp3) is 0.917. The van der Waals surface area contributed by atoms with E-state index in [1.165, 1.54) is 44.9 Å². The Morgan fingerprint density at radius 1 is 0.933 bits per heavy atom. The van der Waals surface area contributed by atoms with E-state index in [0.717, 1.165) is 12.8 Å². The van der Waals surface area contributed by atoms with Crippen LogP contribution in [-0.2, 0) is 9.08 Å². The number of hydrogen-bond donors (Lipinski definition) is 0. The second kappa shape index (κ2) is 11.8. The molecular formula is C12H23ClO2. The Hall–Kier alpha value is -0.240. The van der Waals surface area contributed by atoms with Crippen LogP contribution in [0.15, 0.2) is 0 Å². The fourth-order valence-corrected chi connectivity index (χ4v) is 1.70. The second-order valence-corrected chi connectivity index (χ2v) is 4.18.